The molecule has 0 amide bonds. The fraction of sp³-hybridized carbons (Fsp3) is 0.857. The Kier molecular flexibility index (Phi) is 6.36. The maximum atomic E-state index is 12.0. The van der Waals surface area contributed by atoms with Gasteiger partial charge in [-0.1, -0.05) is 20.8 Å². The molecule has 0 aromatic rings. The monoisotopic (exact) mass is 258 g/mol. The third-order valence-corrected chi connectivity index (χ3v) is 2.96. The molecule has 4 nitrogen and oxygen atoms in total. The third-order valence-electron chi connectivity index (χ3n) is 2.96. The van der Waals surface area contributed by atoms with Gasteiger partial charge in [-0.05, 0) is 39.0 Å². The van der Waals surface area contributed by atoms with E-state index < -0.39 is 23.5 Å². The van der Waals surface area contributed by atoms with Gasteiger partial charge in [0.2, 0.25) is 0 Å². The first-order valence-electron chi connectivity index (χ1n) is 6.47. The van der Waals surface area contributed by atoms with Gasteiger partial charge in [-0.3, -0.25) is 9.59 Å². The number of carboxylic acids is 1. The fourth-order valence-electron chi connectivity index (χ4n) is 1.58. The second-order valence-corrected chi connectivity index (χ2v) is 6.29. The van der Waals surface area contributed by atoms with Crippen molar-refractivity contribution in [2.75, 3.05) is 0 Å². The summed E-state index contributed by atoms with van der Waals surface area (Å²) in [5.41, 5.74) is -0.574. The van der Waals surface area contributed by atoms with E-state index in [1.165, 1.54) is 0 Å². The number of carboxylic acid groups (broad SMARTS) is 1. The van der Waals surface area contributed by atoms with Gasteiger partial charge >= 0.3 is 11.9 Å². The Morgan fingerprint density at radius 3 is 2.00 bits per heavy atom. The van der Waals surface area contributed by atoms with Crippen LogP contribution in [-0.2, 0) is 14.3 Å². The van der Waals surface area contributed by atoms with Crippen LogP contribution < -0.4 is 0 Å². The van der Waals surface area contributed by atoms with Crippen LogP contribution in [0.4, 0.5) is 0 Å². The van der Waals surface area contributed by atoms with Crippen molar-refractivity contribution in [3.05, 3.63) is 0 Å². The summed E-state index contributed by atoms with van der Waals surface area (Å²) >= 11 is 0. The maximum absolute atomic E-state index is 12.0. The lowest BCUT2D eigenvalue weighted by Crippen LogP contribution is -2.31. The summed E-state index contributed by atoms with van der Waals surface area (Å²) in [5.74, 6) is -1.20. The molecule has 2 atom stereocenters. The molecule has 2 unspecified atom stereocenters. The zero-order valence-electron chi connectivity index (χ0n) is 12.3. The van der Waals surface area contributed by atoms with Gasteiger partial charge in [0.25, 0.3) is 0 Å². The van der Waals surface area contributed by atoms with Crippen molar-refractivity contribution in [1.82, 2.24) is 0 Å². The highest BCUT2D eigenvalue weighted by Crippen LogP contribution is 2.24. The van der Waals surface area contributed by atoms with Gasteiger partial charge in [0.05, 0.1) is 12.3 Å². The Labute approximate surface area is 110 Å². The highest BCUT2D eigenvalue weighted by molar-refractivity contribution is 5.79. The summed E-state index contributed by atoms with van der Waals surface area (Å²) in [6.45, 7) is 11.5. The van der Waals surface area contributed by atoms with E-state index in [0.717, 1.165) is 0 Å². The van der Waals surface area contributed by atoms with Crippen LogP contribution in [0.25, 0.3) is 0 Å². The van der Waals surface area contributed by atoms with Crippen molar-refractivity contribution >= 4 is 11.9 Å². The van der Waals surface area contributed by atoms with E-state index in [2.05, 4.69) is 13.8 Å². The Hall–Kier alpha value is -1.06. The molecule has 1 N–H and O–H groups in total. The first-order chi connectivity index (χ1) is 8.03. The van der Waals surface area contributed by atoms with Crippen LogP contribution in [0.2, 0.25) is 0 Å². The lowest BCUT2D eigenvalue weighted by molar-refractivity contribution is -0.163. The number of hydrogen-bond acceptors (Lipinski definition) is 3. The number of rotatable bonds is 6. The largest absolute Gasteiger partial charge is 0.481 e. The SMILES string of the molecule is CC(C)C(C)CC(CC(=O)O)C(=O)OC(C)(C)C. The van der Waals surface area contributed by atoms with Crippen LogP contribution in [-0.4, -0.2) is 22.6 Å². The van der Waals surface area contributed by atoms with Crippen molar-refractivity contribution in [3.8, 4) is 0 Å². The van der Waals surface area contributed by atoms with Crippen molar-refractivity contribution in [3.63, 3.8) is 0 Å². The Morgan fingerprint density at radius 1 is 1.17 bits per heavy atom. The minimum absolute atomic E-state index is 0.161. The molecule has 0 bridgehead atoms. The molecule has 0 saturated heterocycles. The van der Waals surface area contributed by atoms with E-state index in [4.69, 9.17) is 9.84 Å². The molecule has 0 aliphatic heterocycles. The minimum Gasteiger partial charge on any atom is -0.481 e. The van der Waals surface area contributed by atoms with Crippen molar-refractivity contribution in [2.24, 2.45) is 17.8 Å². The first kappa shape index (κ1) is 16.9. The molecule has 0 aliphatic carbocycles. The molecule has 0 aliphatic rings. The zero-order valence-corrected chi connectivity index (χ0v) is 12.3. The van der Waals surface area contributed by atoms with E-state index in [0.29, 0.717) is 18.3 Å². The van der Waals surface area contributed by atoms with Gasteiger partial charge in [0, 0.05) is 0 Å². The van der Waals surface area contributed by atoms with Crippen molar-refractivity contribution in [1.29, 1.82) is 0 Å². The van der Waals surface area contributed by atoms with E-state index in [1.54, 1.807) is 20.8 Å². The van der Waals surface area contributed by atoms with Crippen LogP contribution in [0.15, 0.2) is 0 Å². The molecule has 0 rings (SSSR count). The van der Waals surface area contributed by atoms with E-state index >= 15 is 0 Å². The smallest absolute Gasteiger partial charge is 0.310 e. The molecule has 0 aromatic carbocycles. The lowest BCUT2D eigenvalue weighted by atomic mass is 9.86. The van der Waals surface area contributed by atoms with Crippen molar-refractivity contribution in [2.45, 2.75) is 60.0 Å². The number of esters is 1. The molecule has 106 valence electrons. The van der Waals surface area contributed by atoms with E-state index in [1.807, 2.05) is 6.92 Å². The molecular weight excluding hydrogens is 232 g/mol. The average molecular weight is 258 g/mol. The second kappa shape index (κ2) is 6.76. The summed E-state index contributed by atoms with van der Waals surface area (Å²) in [5, 5.41) is 8.87. The van der Waals surface area contributed by atoms with Gasteiger partial charge in [0.1, 0.15) is 5.60 Å². The van der Waals surface area contributed by atoms with E-state index in [9.17, 15) is 9.59 Å². The fourth-order valence-corrected chi connectivity index (χ4v) is 1.58. The lowest BCUT2D eigenvalue weighted by Gasteiger charge is -2.25. The molecule has 0 aromatic heterocycles. The van der Waals surface area contributed by atoms with Gasteiger partial charge < -0.3 is 9.84 Å². The quantitative estimate of drug-likeness (QED) is 0.743. The summed E-state index contributed by atoms with van der Waals surface area (Å²) in [6, 6.07) is 0. The number of aliphatic carboxylic acids is 1. The number of carbonyl (C=O) groups is 2. The molecule has 0 spiro atoms. The predicted molar refractivity (Wildman–Crippen MR) is 70.2 cm³/mol. The van der Waals surface area contributed by atoms with Crippen LogP contribution in [0.1, 0.15) is 54.4 Å². The summed E-state index contributed by atoms with van der Waals surface area (Å²) < 4.78 is 5.28. The second-order valence-electron chi connectivity index (χ2n) is 6.29. The summed E-state index contributed by atoms with van der Waals surface area (Å²) in [7, 11) is 0. The topological polar surface area (TPSA) is 63.6 Å². The van der Waals surface area contributed by atoms with Crippen LogP contribution in [0, 0.1) is 17.8 Å². The Balaban J connectivity index is 4.67. The van der Waals surface area contributed by atoms with Gasteiger partial charge in [-0.15, -0.1) is 0 Å². The molecular formula is C14H26O4. The average Bonchev–Trinajstić information content (AvgIpc) is 2.12. The molecule has 0 heterocycles. The molecule has 18 heavy (non-hydrogen) atoms. The highest BCUT2D eigenvalue weighted by atomic mass is 16.6. The van der Waals surface area contributed by atoms with Gasteiger partial charge in [0.15, 0.2) is 0 Å². The summed E-state index contributed by atoms with van der Waals surface area (Å²) in [4.78, 5) is 22.8. The van der Waals surface area contributed by atoms with Crippen LogP contribution in [0.3, 0.4) is 0 Å². The number of hydrogen-bond donors (Lipinski definition) is 1. The normalized spacial score (nSPS) is 15.3. The molecule has 4 heteroatoms. The van der Waals surface area contributed by atoms with Crippen LogP contribution in [0.5, 0.6) is 0 Å². The third kappa shape index (κ3) is 7.30. The van der Waals surface area contributed by atoms with Gasteiger partial charge in [-0.2, -0.15) is 0 Å². The maximum Gasteiger partial charge on any atom is 0.310 e. The van der Waals surface area contributed by atoms with Crippen molar-refractivity contribution < 1.29 is 19.4 Å². The zero-order chi connectivity index (χ0) is 14.5. The van der Waals surface area contributed by atoms with Crippen LogP contribution >= 0.6 is 0 Å². The Morgan fingerprint density at radius 2 is 1.67 bits per heavy atom. The first-order valence-corrected chi connectivity index (χ1v) is 6.47. The summed E-state index contributed by atoms with van der Waals surface area (Å²) in [6.07, 6.45) is 0.394. The van der Waals surface area contributed by atoms with E-state index in [-0.39, 0.29) is 6.42 Å². The molecule has 0 radical (unpaired) electrons. The minimum atomic E-state index is -0.957. The Bertz CT molecular complexity index is 289. The predicted octanol–water partition coefficient (Wildman–Crippen LogP) is 3.10. The highest BCUT2D eigenvalue weighted by Gasteiger charge is 2.29. The van der Waals surface area contributed by atoms with Gasteiger partial charge in [-0.25, -0.2) is 0 Å². The molecule has 0 fully saturated rings. The molecule has 0 saturated carbocycles. The number of ether oxygens (including phenoxy) is 1. The standard InChI is InChI=1S/C14H26O4/c1-9(2)10(3)7-11(8-12(15)16)13(17)18-14(4,5)6/h9-11H,7-8H2,1-6H3,(H,15,16). The number of carbonyl (C=O) groups excluding carboxylic acids is 1.